The highest BCUT2D eigenvalue weighted by Gasteiger charge is 2.43. The second-order valence-corrected chi connectivity index (χ2v) is 5.64. The van der Waals surface area contributed by atoms with Gasteiger partial charge in [-0.3, -0.25) is 4.79 Å². The number of hydrogen-bond acceptors (Lipinski definition) is 4. The van der Waals surface area contributed by atoms with Crippen LogP contribution in [-0.4, -0.2) is 63.4 Å². The Hall–Kier alpha value is -0.360. The molecule has 2 fully saturated rings. The predicted octanol–water partition coefficient (Wildman–Crippen LogP) is 1.06. The van der Waals surface area contributed by atoms with Gasteiger partial charge in [-0.25, -0.2) is 0 Å². The molecule has 1 N–H and O–H groups in total. The summed E-state index contributed by atoms with van der Waals surface area (Å²) in [6.45, 7) is 4.21. The number of nitrogens with one attached hydrogen (secondary N) is 1. The Labute approximate surface area is 127 Å². The van der Waals surface area contributed by atoms with Crippen LogP contribution in [0.1, 0.15) is 25.7 Å². The van der Waals surface area contributed by atoms with E-state index in [2.05, 4.69) is 5.32 Å². The maximum atomic E-state index is 12.7. The topological polar surface area (TPSA) is 50.8 Å². The van der Waals surface area contributed by atoms with Gasteiger partial charge in [-0.2, -0.15) is 0 Å². The lowest BCUT2D eigenvalue weighted by atomic mass is 9.88. The Morgan fingerprint density at radius 2 is 1.85 bits per heavy atom. The summed E-state index contributed by atoms with van der Waals surface area (Å²) in [6.07, 6.45) is 3.63. The number of carbonyl (C=O) groups excluding carboxylic acids is 1. The molecule has 0 unspecified atom stereocenters. The van der Waals surface area contributed by atoms with Crippen molar-refractivity contribution in [2.24, 2.45) is 5.92 Å². The van der Waals surface area contributed by atoms with E-state index in [1.165, 1.54) is 0 Å². The molecule has 0 aromatic rings. The molecule has 5 nitrogen and oxygen atoms in total. The van der Waals surface area contributed by atoms with Gasteiger partial charge in [0.05, 0.1) is 0 Å². The van der Waals surface area contributed by atoms with E-state index in [-0.39, 0.29) is 18.3 Å². The highest BCUT2D eigenvalue weighted by atomic mass is 35.5. The van der Waals surface area contributed by atoms with Gasteiger partial charge in [0, 0.05) is 33.9 Å². The zero-order valence-electron chi connectivity index (χ0n) is 12.5. The van der Waals surface area contributed by atoms with Gasteiger partial charge in [0.25, 0.3) is 5.91 Å². The predicted molar refractivity (Wildman–Crippen MR) is 80.3 cm³/mol. The largest absolute Gasteiger partial charge is 0.384 e. The number of amides is 1. The Bertz CT molecular complexity index is 301. The molecule has 0 aromatic carbocycles. The summed E-state index contributed by atoms with van der Waals surface area (Å²) in [4.78, 5) is 14.7. The molecule has 2 heterocycles. The van der Waals surface area contributed by atoms with Gasteiger partial charge < -0.3 is 19.7 Å². The monoisotopic (exact) mass is 306 g/mol. The van der Waals surface area contributed by atoms with Crippen molar-refractivity contribution in [3.8, 4) is 0 Å². The summed E-state index contributed by atoms with van der Waals surface area (Å²) >= 11 is 0. The van der Waals surface area contributed by atoms with Crippen LogP contribution in [0.4, 0.5) is 0 Å². The summed E-state index contributed by atoms with van der Waals surface area (Å²) in [5.41, 5.74) is -0.584. The average molecular weight is 307 g/mol. The van der Waals surface area contributed by atoms with Crippen LogP contribution in [-0.2, 0) is 14.3 Å². The molecule has 0 atom stereocenters. The highest BCUT2D eigenvalue weighted by molar-refractivity contribution is 5.85. The molecule has 2 aliphatic heterocycles. The minimum atomic E-state index is -0.584. The normalized spacial score (nSPS) is 23.2. The number of carbonyl (C=O) groups is 1. The molecule has 0 radical (unpaired) electrons. The molecule has 20 heavy (non-hydrogen) atoms. The fourth-order valence-corrected chi connectivity index (χ4v) is 3.16. The summed E-state index contributed by atoms with van der Waals surface area (Å²) in [6, 6.07) is 0. The van der Waals surface area contributed by atoms with Crippen molar-refractivity contribution < 1.29 is 14.3 Å². The van der Waals surface area contributed by atoms with Crippen LogP contribution in [0.2, 0.25) is 0 Å². The smallest absolute Gasteiger partial charge is 0.254 e. The first-order valence-electron chi connectivity index (χ1n) is 7.26. The lowest BCUT2D eigenvalue weighted by Crippen LogP contribution is -2.56. The molecular weight excluding hydrogens is 280 g/mol. The first kappa shape index (κ1) is 17.7. The number of hydrogen-bond donors (Lipinski definition) is 1. The second kappa shape index (κ2) is 8.17. The maximum absolute atomic E-state index is 12.7. The fourth-order valence-electron chi connectivity index (χ4n) is 3.16. The Kier molecular flexibility index (Phi) is 7.23. The molecule has 0 aromatic heterocycles. The molecule has 0 spiro atoms. The van der Waals surface area contributed by atoms with E-state index in [0.29, 0.717) is 5.92 Å². The molecule has 1 amide bonds. The van der Waals surface area contributed by atoms with Crippen LogP contribution < -0.4 is 5.32 Å². The number of halogens is 1. The SMILES string of the molecule is COCC1CCN(C(=O)C2(OC)CCNCC2)CC1.Cl. The van der Waals surface area contributed by atoms with E-state index in [0.717, 1.165) is 58.5 Å². The Balaban J connectivity index is 0.00000200. The number of piperidine rings is 2. The van der Waals surface area contributed by atoms with Crippen LogP contribution in [0.3, 0.4) is 0 Å². The lowest BCUT2D eigenvalue weighted by Gasteiger charge is -2.41. The molecule has 2 aliphatic rings. The van der Waals surface area contributed by atoms with Crippen molar-refractivity contribution in [3.63, 3.8) is 0 Å². The van der Waals surface area contributed by atoms with Crippen molar-refractivity contribution >= 4 is 18.3 Å². The van der Waals surface area contributed by atoms with E-state index < -0.39 is 5.60 Å². The third kappa shape index (κ3) is 3.85. The lowest BCUT2D eigenvalue weighted by molar-refractivity contribution is -0.160. The number of rotatable bonds is 4. The number of methoxy groups -OCH3 is 2. The number of ether oxygens (including phenoxy) is 2. The van der Waals surface area contributed by atoms with E-state index in [9.17, 15) is 4.79 Å². The zero-order chi connectivity index (χ0) is 13.7. The summed E-state index contributed by atoms with van der Waals surface area (Å²) in [5, 5.41) is 3.29. The van der Waals surface area contributed by atoms with Gasteiger partial charge in [-0.05, 0) is 44.7 Å². The third-order valence-electron chi connectivity index (χ3n) is 4.50. The Morgan fingerprint density at radius 3 is 2.35 bits per heavy atom. The average Bonchev–Trinajstić information content (AvgIpc) is 2.48. The molecule has 2 saturated heterocycles. The van der Waals surface area contributed by atoms with Crippen LogP contribution in [0.25, 0.3) is 0 Å². The van der Waals surface area contributed by atoms with Crippen molar-refractivity contribution in [3.05, 3.63) is 0 Å². The van der Waals surface area contributed by atoms with Crippen molar-refractivity contribution in [2.45, 2.75) is 31.3 Å². The molecule has 118 valence electrons. The molecule has 0 bridgehead atoms. The molecular formula is C14H27ClN2O3. The standard InChI is InChI=1S/C14H26N2O3.ClH/c1-18-11-12-3-9-16(10-4-12)13(17)14(19-2)5-7-15-8-6-14;/h12,15H,3-11H2,1-2H3;1H. The number of nitrogens with zero attached hydrogens (tertiary/aromatic N) is 1. The molecule has 2 rings (SSSR count). The van der Waals surface area contributed by atoms with Crippen LogP contribution >= 0.6 is 12.4 Å². The summed E-state index contributed by atoms with van der Waals surface area (Å²) < 4.78 is 10.8. The van der Waals surface area contributed by atoms with E-state index in [1.807, 2.05) is 4.90 Å². The first-order chi connectivity index (χ1) is 9.22. The van der Waals surface area contributed by atoms with Gasteiger partial charge in [0.15, 0.2) is 0 Å². The molecule has 0 aliphatic carbocycles. The first-order valence-corrected chi connectivity index (χ1v) is 7.26. The van der Waals surface area contributed by atoms with Gasteiger partial charge in [-0.1, -0.05) is 0 Å². The van der Waals surface area contributed by atoms with Crippen molar-refractivity contribution in [1.29, 1.82) is 0 Å². The van der Waals surface area contributed by atoms with Crippen LogP contribution in [0, 0.1) is 5.92 Å². The van der Waals surface area contributed by atoms with Gasteiger partial charge >= 0.3 is 0 Å². The van der Waals surface area contributed by atoms with E-state index in [4.69, 9.17) is 9.47 Å². The summed E-state index contributed by atoms with van der Waals surface area (Å²) in [7, 11) is 3.41. The van der Waals surface area contributed by atoms with Crippen LogP contribution in [0.15, 0.2) is 0 Å². The molecule has 0 saturated carbocycles. The third-order valence-corrected chi connectivity index (χ3v) is 4.50. The summed E-state index contributed by atoms with van der Waals surface area (Å²) in [5.74, 6) is 0.785. The quantitative estimate of drug-likeness (QED) is 0.844. The molecule has 6 heteroatoms. The number of likely N-dealkylation sites (tertiary alicyclic amines) is 1. The van der Waals surface area contributed by atoms with E-state index in [1.54, 1.807) is 14.2 Å². The second-order valence-electron chi connectivity index (χ2n) is 5.64. The maximum Gasteiger partial charge on any atom is 0.254 e. The highest BCUT2D eigenvalue weighted by Crippen LogP contribution is 2.27. The minimum Gasteiger partial charge on any atom is -0.384 e. The zero-order valence-corrected chi connectivity index (χ0v) is 13.3. The fraction of sp³-hybridized carbons (Fsp3) is 0.929. The van der Waals surface area contributed by atoms with Gasteiger partial charge in [0.2, 0.25) is 0 Å². The van der Waals surface area contributed by atoms with E-state index >= 15 is 0 Å². The van der Waals surface area contributed by atoms with Gasteiger partial charge in [-0.15, -0.1) is 12.4 Å². The Morgan fingerprint density at radius 1 is 1.25 bits per heavy atom. The minimum absolute atomic E-state index is 0. The van der Waals surface area contributed by atoms with Gasteiger partial charge in [0.1, 0.15) is 5.60 Å². The van der Waals surface area contributed by atoms with Crippen molar-refractivity contribution in [1.82, 2.24) is 10.2 Å². The van der Waals surface area contributed by atoms with Crippen LogP contribution in [0.5, 0.6) is 0 Å². The van der Waals surface area contributed by atoms with Crippen molar-refractivity contribution in [2.75, 3.05) is 47.0 Å².